The molecule has 4 aromatic rings. The van der Waals surface area contributed by atoms with E-state index in [0.717, 1.165) is 16.5 Å². The molecule has 0 radical (unpaired) electrons. The lowest BCUT2D eigenvalue weighted by atomic mass is 10.1. The number of carboxylic acid groups (broad SMARTS) is 1. The first-order valence-electron chi connectivity index (χ1n) is 11.1. The van der Waals surface area contributed by atoms with Gasteiger partial charge in [-0.3, -0.25) is 4.79 Å². The van der Waals surface area contributed by atoms with Crippen molar-refractivity contribution in [2.75, 3.05) is 13.1 Å². The van der Waals surface area contributed by atoms with Crippen molar-refractivity contribution in [2.24, 2.45) is 0 Å². The highest BCUT2D eigenvalue weighted by Crippen LogP contribution is 2.33. The minimum Gasteiger partial charge on any atom is -0.465 e. The van der Waals surface area contributed by atoms with Gasteiger partial charge in [0.25, 0.3) is 15.9 Å². The Morgan fingerprint density at radius 3 is 2.31 bits per heavy atom. The zero-order chi connectivity index (χ0) is 24.6. The highest BCUT2D eigenvalue weighted by Gasteiger charge is 2.28. The molecule has 0 unspecified atom stereocenters. The molecular formula is C26H23N3O5S. The average Bonchev–Trinajstić information content (AvgIpc) is 3.49. The molecule has 0 bridgehead atoms. The van der Waals surface area contributed by atoms with Gasteiger partial charge in [0.15, 0.2) is 0 Å². The number of amides is 2. The van der Waals surface area contributed by atoms with Crippen molar-refractivity contribution in [3.8, 4) is 11.1 Å². The van der Waals surface area contributed by atoms with Crippen LogP contribution in [-0.4, -0.2) is 53.5 Å². The third kappa shape index (κ3) is 4.26. The summed E-state index contributed by atoms with van der Waals surface area (Å²) in [5.74, 6) is -0.263. The molecule has 1 saturated heterocycles. The van der Waals surface area contributed by atoms with E-state index >= 15 is 0 Å². The molecule has 0 saturated carbocycles. The molecule has 1 aromatic heterocycles. The van der Waals surface area contributed by atoms with Crippen LogP contribution in [0.2, 0.25) is 0 Å². The zero-order valence-corrected chi connectivity index (χ0v) is 19.5. The van der Waals surface area contributed by atoms with Gasteiger partial charge in [-0.05, 0) is 42.3 Å². The fourth-order valence-electron chi connectivity index (χ4n) is 4.50. The molecule has 3 aromatic carbocycles. The number of hydrogen-bond donors (Lipinski definition) is 2. The number of fused-ring (bicyclic) bond motifs is 1. The van der Waals surface area contributed by atoms with Crippen molar-refractivity contribution in [2.45, 2.75) is 17.4 Å². The van der Waals surface area contributed by atoms with Crippen molar-refractivity contribution in [3.63, 3.8) is 0 Å². The summed E-state index contributed by atoms with van der Waals surface area (Å²) in [4.78, 5) is 25.3. The first-order valence-corrected chi connectivity index (χ1v) is 12.6. The predicted molar refractivity (Wildman–Crippen MR) is 132 cm³/mol. The second-order valence-electron chi connectivity index (χ2n) is 8.44. The number of aromatic nitrogens is 1. The summed E-state index contributed by atoms with van der Waals surface area (Å²) in [6.07, 6.45) is 1.05. The van der Waals surface area contributed by atoms with Crippen molar-refractivity contribution in [1.29, 1.82) is 0 Å². The van der Waals surface area contributed by atoms with E-state index < -0.39 is 16.1 Å². The van der Waals surface area contributed by atoms with Crippen molar-refractivity contribution in [1.82, 2.24) is 14.2 Å². The van der Waals surface area contributed by atoms with E-state index in [4.69, 9.17) is 5.11 Å². The van der Waals surface area contributed by atoms with Gasteiger partial charge in [0.1, 0.15) is 0 Å². The number of hydrogen-bond acceptors (Lipinski definition) is 4. The lowest BCUT2D eigenvalue weighted by Gasteiger charge is -2.17. The van der Waals surface area contributed by atoms with Crippen LogP contribution in [0, 0.1) is 0 Å². The molecule has 178 valence electrons. The number of para-hydroxylation sites is 1. The van der Waals surface area contributed by atoms with Gasteiger partial charge >= 0.3 is 6.09 Å². The Hall–Kier alpha value is -4.11. The number of carbonyl (C=O) groups is 2. The fourth-order valence-corrected chi connectivity index (χ4v) is 5.87. The molecule has 9 heteroatoms. The van der Waals surface area contributed by atoms with Gasteiger partial charge in [0.05, 0.1) is 16.5 Å². The van der Waals surface area contributed by atoms with E-state index in [1.807, 2.05) is 42.5 Å². The number of benzene rings is 3. The molecule has 8 nitrogen and oxygen atoms in total. The van der Waals surface area contributed by atoms with Crippen molar-refractivity contribution >= 4 is 32.9 Å². The summed E-state index contributed by atoms with van der Waals surface area (Å²) in [7, 11) is -3.92. The maximum Gasteiger partial charge on any atom is 0.404 e. The maximum absolute atomic E-state index is 13.6. The molecule has 0 spiro atoms. The lowest BCUT2D eigenvalue weighted by molar-refractivity contribution is 0.0788. The Bertz CT molecular complexity index is 1510. The fraction of sp³-hybridized carbons (Fsp3) is 0.154. The third-order valence-corrected chi connectivity index (χ3v) is 7.91. The smallest absolute Gasteiger partial charge is 0.404 e. The van der Waals surface area contributed by atoms with E-state index in [1.54, 1.807) is 23.2 Å². The van der Waals surface area contributed by atoms with Gasteiger partial charge in [-0.1, -0.05) is 48.5 Å². The molecular weight excluding hydrogens is 466 g/mol. The summed E-state index contributed by atoms with van der Waals surface area (Å²) in [6, 6.07) is 22.5. The molecule has 35 heavy (non-hydrogen) atoms. The second kappa shape index (κ2) is 8.92. The third-order valence-electron chi connectivity index (χ3n) is 6.22. The molecule has 2 N–H and O–H groups in total. The van der Waals surface area contributed by atoms with Gasteiger partial charge in [-0.25, -0.2) is 17.2 Å². The van der Waals surface area contributed by atoms with E-state index in [9.17, 15) is 18.0 Å². The van der Waals surface area contributed by atoms with Crippen LogP contribution in [0.3, 0.4) is 0 Å². The molecule has 2 amide bonds. The van der Waals surface area contributed by atoms with Crippen LogP contribution in [0.25, 0.3) is 22.0 Å². The predicted octanol–water partition coefficient (Wildman–Crippen LogP) is 4.03. The number of nitrogens with zero attached hydrogens (tertiary/aromatic N) is 2. The van der Waals surface area contributed by atoms with Crippen molar-refractivity contribution < 1.29 is 23.1 Å². The molecule has 1 aliphatic heterocycles. The summed E-state index contributed by atoms with van der Waals surface area (Å²) in [5, 5.41) is 12.1. The number of nitrogens with one attached hydrogen (secondary N) is 1. The van der Waals surface area contributed by atoms with Crippen LogP contribution in [0.4, 0.5) is 4.79 Å². The molecule has 1 atom stereocenters. The normalized spacial score (nSPS) is 15.9. The Morgan fingerprint density at radius 1 is 0.914 bits per heavy atom. The van der Waals surface area contributed by atoms with Crippen LogP contribution in [0.1, 0.15) is 16.8 Å². The van der Waals surface area contributed by atoms with E-state index in [0.29, 0.717) is 24.0 Å². The SMILES string of the molecule is O=C(O)N[C@@H]1CCN(C(=O)c2ccc(S(=O)(=O)n3cc(-c4ccccc4)c4ccccc43)cc2)C1. The van der Waals surface area contributed by atoms with Gasteiger partial charge in [0, 0.05) is 35.8 Å². The Morgan fingerprint density at radius 2 is 1.60 bits per heavy atom. The number of carbonyl (C=O) groups excluding carboxylic acids is 1. The van der Waals surface area contributed by atoms with Gasteiger partial charge in [0.2, 0.25) is 0 Å². The molecule has 0 aliphatic carbocycles. The minimum absolute atomic E-state index is 0.0706. The highest BCUT2D eigenvalue weighted by atomic mass is 32.2. The van der Waals surface area contributed by atoms with E-state index in [1.165, 1.54) is 28.2 Å². The maximum atomic E-state index is 13.6. The average molecular weight is 490 g/mol. The quantitative estimate of drug-likeness (QED) is 0.440. The zero-order valence-electron chi connectivity index (χ0n) is 18.7. The Balaban J connectivity index is 1.44. The summed E-state index contributed by atoms with van der Waals surface area (Å²) >= 11 is 0. The van der Waals surface area contributed by atoms with Gasteiger partial charge < -0.3 is 15.3 Å². The standard InChI is InChI=1S/C26H23N3O5S/c30-25(28-15-14-20(16-28)27-26(31)32)19-10-12-21(13-11-19)35(33,34)29-17-23(18-6-2-1-3-7-18)22-8-4-5-9-24(22)29/h1-13,17,20,27H,14-16H2,(H,31,32)/t20-/m1/s1. The minimum atomic E-state index is -3.92. The Labute approximate surface area is 202 Å². The van der Waals surface area contributed by atoms with Crippen LogP contribution >= 0.6 is 0 Å². The Kier molecular flexibility index (Phi) is 5.78. The summed E-state index contributed by atoms with van der Waals surface area (Å²) in [5.41, 5.74) is 2.65. The molecule has 1 aliphatic rings. The van der Waals surface area contributed by atoms with Crippen molar-refractivity contribution in [3.05, 3.63) is 90.6 Å². The first-order chi connectivity index (χ1) is 16.8. The monoisotopic (exact) mass is 489 g/mol. The molecule has 2 heterocycles. The summed E-state index contributed by atoms with van der Waals surface area (Å²) < 4.78 is 28.4. The van der Waals surface area contributed by atoms with E-state index in [-0.39, 0.29) is 23.4 Å². The first kappa shape index (κ1) is 22.7. The summed E-state index contributed by atoms with van der Waals surface area (Å²) in [6.45, 7) is 0.713. The van der Waals surface area contributed by atoms with E-state index in [2.05, 4.69) is 5.32 Å². The largest absolute Gasteiger partial charge is 0.465 e. The second-order valence-corrected chi connectivity index (χ2v) is 10.3. The molecule has 5 rings (SSSR count). The lowest BCUT2D eigenvalue weighted by Crippen LogP contribution is -2.37. The van der Waals surface area contributed by atoms with Gasteiger partial charge in [-0.15, -0.1) is 0 Å². The van der Waals surface area contributed by atoms with Crippen LogP contribution in [-0.2, 0) is 10.0 Å². The van der Waals surface area contributed by atoms with Crippen LogP contribution in [0.15, 0.2) is 90.0 Å². The topological polar surface area (TPSA) is 109 Å². The number of rotatable bonds is 5. The highest BCUT2D eigenvalue weighted by molar-refractivity contribution is 7.90. The number of likely N-dealkylation sites (tertiary alicyclic amines) is 1. The van der Waals surface area contributed by atoms with Crippen LogP contribution < -0.4 is 5.32 Å². The van der Waals surface area contributed by atoms with Gasteiger partial charge in [-0.2, -0.15) is 0 Å². The van der Waals surface area contributed by atoms with Crippen LogP contribution in [0.5, 0.6) is 0 Å². The molecule has 1 fully saturated rings.